The van der Waals surface area contributed by atoms with Gasteiger partial charge in [-0.2, -0.15) is 18.3 Å². The van der Waals surface area contributed by atoms with Gasteiger partial charge in [0, 0.05) is 19.9 Å². The number of amides is 1. The molecule has 0 aliphatic heterocycles. The van der Waals surface area contributed by atoms with E-state index in [1.54, 1.807) is 0 Å². The van der Waals surface area contributed by atoms with Crippen molar-refractivity contribution in [2.24, 2.45) is 0 Å². The molecule has 0 fully saturated rings. The van der Waals surface area contributed by atoms with Crippen LogP contribution in [0.4, 0.5) is 13.2 Å². The molecule has 108 valence electrons. The number of hydrogen-bond donors (Lipinski definition) is 2. The Morgan fingerprint density at radius 1 is 1.47 bits per heavy atom. The maximum absolute atomic E-state index is 12.3. The largest absolute Gasteiger partial charge is 0.435 e. The molecule has 1 heterocycles. The number of alkyl halides is 3. The zero-order valence-corrected chi connectivity index (χ0v) is 10.4. The molecule has 0 atom stereocenters. The Balaban J connectivity index is 2.47. The predicted molar refractivity (Wildman–Crippen MR) is 58.1 cm³/mol. The van der Waals surface area contributed by atoms with Crippen LogP contribution in [0.25, 0.3) is 0 Å². The summed E-state index contributed by atoms with van der Waals surface area (Å²) in [6.45, 7) is 0.103. The highest BCUT2D eigenvalue weighted by Crippen LogP contribution is 2.27. The lowest BCUT2D eigenvalue weighted by atomic mass is 10.2. The van der Waals surface area contributed by atoms with Crippen molar-refractivity contribution >= 4 is 5.91 Å². The molecule has 1 aromatic rings. The zero-order valence-electron chi connectivity index (χ0n) is 10.4. The molecule has 0 saturated carbocycles. The summed E-state index contributed by atoms with van der Waals surface area (Å²) in [4.78, 5) is 11.5. The van der Waals surface area contributed by atoms with E-state index in [1.807, 2.05) is 0 Å². The van der Waals surface area contributed by atoms with Gasteiger partial charge in [-0.1, -0.05) is 0 Å². The summed E-state index contributed by atoms with van der Waals surface area (Å²) in [5.74, 6) is -0.462. The zero-order chi connectivity index (χ0) is 14.5. The summed E-state index contributed by atoms with van der Waals surface area (Å²) >= 11 is 0. The van der Waals surface area contributed by atoms with Gasteiger partial charge in [0.2, 0.25) is 5.91 Å². The Morgan fingerprint density at radius 3 is 2.58 bits per heavy atom. The molecular weight excluding hydrogens is 267 g/mol. The SMILES string of the molecule is COC(CNC(=O)Cc1cc(C(F)(F)F)n[nH]1)OC. The first kappa shape index (κ1) is 15.4. The van der Waals surface area contributed by atoms with Crippen molar-refractivity contribution in [2.75, 3.05) is 20.8 Å². The molecule has 1 aromatic heterocycles. The van der Waals surface area contributed by atoms with Gasteiger partial charge in [-0.25, -0.2) is 0 Å². The average Bonchev–Trinajstić information content (AvgIpc) is 2.78. The molecule has 19 heavy (non-hydrogen) atoms. The molecule has 0 aliphatic rings. The predicted octanol–water partition coefficient (Wildman–Crippen LogP) is 0.706. The van der Waals surface area contributed by atoms with Gasteiger partial charge in [0.15, 0.2) is 12.0 Å². The van der Waals surface area contributed by atoms with Crippen molar-refractivity contribution in [1.29, 1.82) is 0 Å². The number of carbonyl (C=O) groups excluding carboxylic acids is 1. The molecular formula is C10H14F3N3O3. The first-order valence-electron chi connectivity index (χ1n) is 5.30. The number of H-pyrrole nitrogens is 1. The van der Waals surface area contributed by atoms with Gasteiger partial charge in [-0.15, -0.1) is 0 Å². The van der Waals surface area contributed by atoms with Crippen LogP contribution in [-0.4, -0.2) is 43.2 Å². The van der Waals surface area contributed by atoms with Gasteiger partial charge < -0.3 is 14.8 Å². The number of aromatic amines is 1. The summed E-state index contributed by atoms with van der Waals surface area (Å²) < 4.78 is 46.5. The van der Waals surface area contributed by atoms with Crippen LogP contribution in [0.1, 0.15) is 11.4 Å². The average molecular weight is 281 g/mol. The van der Waals surface area contributed by atoms with E-state index in [-0.39, 0.29) is 18.7 Å². The van der Waals surface area contributed by atoms with E-state index < -0.39 is 24.1 Å². The Kier molecular flexibility index (Phi) is 5.31. The highest BCUT2D eigenvalue weighted by atomic mass is 19.4. The van der Waals surface area contributed by atoms with Gasteiger partial charge in [0.25, 0.3) is 0 Å². The van der Waals surface area contributed by atoms with E-state index in [0.717, 1.165) is 6.07 Å². The second-order valence-corrected chi connectivity index (χ2v) is 3.66. The number of halogens is 3. The third-order valence-corrected chi connectivity index (χ3v) is 2.26. The third-order valence-electron chi connectivity index (χ3n) is 2.26. The van der Waals surface area contributed by atoms with Gasteiger partial charge in [0.05, 0.1) is 13.0 Å². The Bertz CT molecular complexity index is 416. The van der Waals surface area contributed by atoms with E-state index >= 15 is 0 Å². The monoisotopic (exact) mass is 281 g/mol. The standard InChI is InChI=1S/C10H14F3N3O3/c1-18-9(19-2)5-14-8(17)4-6-3-7(16-15-6)10(11,12)13/h3,9H,4-5H2,1-2H3,(H,14,17)(H,15,16). The first-order valence-corrected chi connectivity index (χ1v) is 5.30. The molecule has 9 heteroatoms. The normalized spacial score (nSPS) is 11.9. The molecule has 0 radical (unpaired) electrons. The maximum Gasteiger partial charge on any atom is 0.435 e. The summed E-state index contributed by atoms with van der Waals surface area (Å²) in [5, 5.41) is 7.72. The second kappa shape index (κ2) is 6.53. The first-order chi connectivity index (χ1) is 8.86. The van der Waals surface area contributed by atoms with Crippen molar-refractivity contribution in [3.63, 3.8) is 0 Å². The Morgan fingerprint density at radius 2 is 2.11 bits per heavy atom. The number of nitrogens with one attached hydrogen (secondary N) is 2. The summed E-state index contributed by atoms with van der Waals surface area (Å²) in [5.41, 5.74) is -0.974. The number of carbonyl (C=O) groups is 1. The Labute approximate surface area is 107 Å². The number of methoxy groups -OCH3 is 2. The van der Waals surface area contributed by atoms with Crippen molar-refractivity contribution in [2.45, 2.75) is 18.9 Å². The van der Waals surface area contributed by atoms with Crippen LogP contribution in [0, 0.1) is 0 Å². The number of hydrogen-bond acceptors (Lipinski definition) is 4. The van der Waals surface area contributed by atoms with E-state index in [0.29, 0.717) is 0 Å². The molecule has 0 saturated heterocycles. The molecule has 1 rings (SSSR count). The number of ether oxygens (including phenoxy) is 2. The lowest BCUT2D eigenvalue weighted by Crippen LogP contribution is -2.35. The van der Waals surface area contributed by atoms with Crippen LogP contribution < -0.4 is 5.32 Å². The molecule has 1 amide bonds. The minimum atomic E-state index is -4.53. The summed E-state index contributed by atoms with van der Waals surface area (Å²) in [6, 6.07) is 0.795. The number of nitrogens with zero attached hydrogens (tertiary/aromatic N) is 1. The molecule has 0 aliphatic carbocycles. The third kappa shape index (κ3) is 4.87. The van der Waals surface area contributed by atoms with Crippen molar-refractivity contribution in [3.8, 4) is 0 Å². The van der Waals surface area contributed by atoms with Gasteiger partial charge >= 0.3 is 6.18 Å². The highest BCUT2D eigenvalue weighted by molar-refractivity contribution is 5.78. The highest BCUT2D eigenvalue weighted by Gasteiger charge is 2.33. The molecule has 0 bridgehead atoms. The quantitative estimate of drug-likeness (QED) is 0.753. The van der Waals surface area contributed by atoms with Crippen molar-refractivity contribution in [3.05, 3.63) is 17.5 Å². The van der Waals surface area contributed by atoms with E-state index in [4.69, 9.17) is 9.47 Å². The van der Waals surface area contributed by atoms with Crippen molar-refractivity contribution < 1.29 is 27.4 Å². The fourth-order valence-electron chi connectivity index (χ4n) is 1.29. The maximum atomic E-state index is 12.3. The van der Waals surface area contributed by atoms with E-state index in [2.05, 4.69) is 15.5 Å². The summed E-state index contributed by atoms with van der Waals surface area (Å²) in [6.07, 6.45) is -5.36. The lowest BCUT2D eigenvalue weighted by molar-refractivity contribution is -0.141. The lowest BCUT2D eigenvalue weighted by Gasteiger charge is -2.13. The van der Waals surface area contributed by atoms with Crippen LogP contribution in [0.3, 0.4) is 0 Å². The van der Waals surface area contributed by atoms with Crippen LogP contribution in [-0.2, 0) is 26.9 Å². The number of rotatable bonds is 6. The summed E-state index contributed by atoms with van der Waals surface area (Å²) in [7, 11) is 2.82. The van der Waals surface area contributed by atoms with Crippen molar-refractivity contribution in [1.82, 2.24) is 15.5 Å². The molecule has 0 spiro atoms. The number of aromatic nitrogens is 2. The van der Waals surface area contributed by atoms with Crippen LogP contribution in [0.15, 0.2) is 6.07 Å². The van der Waals surface area contributed by atoms with Gasteiger partial charge in [-0.05, 0) is 6.07 Å². The minimum absolute atomic E-state index is 0.0798. The fourth-order valence-corrected chi connectivity index (χ4v) is 1.29. The molecule has 2 N–H and O–H groups in total. The van der Waals surface area contributed by atoms with Gasteiger partial charge in [-0.3, -0.25) is 9.89 Å². The fraction of sp³-hybridized carbons (Fsp3) is 0.600. The molecule has 0 unspecified atom stereocenters. The van der Waals surface area contributed by atoms with E-state index in [1.165, 1.54) is 14.2 Å². The minimum Gasteiger partial charge on any atom is -0.354 e. The van der Waals surface area contributed by atoms with Crippen LogP contribution >= 0.6 is 0 Å². The smallest absolute Gasteiger partial charge is 0.354 e. The molecule has 0 aromatic carbocycles. The van der Waals surface area contributed by atoms with E-state index in [9.17, 15) is 18.0 Å². The Hall–Kier alpha value is -1.61. The van der Waals surface area contributed by atoms with Gasteiger partial charge in [0.1, 0.15) is 0 Å². The molecule has 6 nitrogen and oxygen atoms in total. The topological polar surface area (TPSA) is 76.2 Å². The van der Waals surface area contributed by atoms with Crippen LogP contribution in [0.5, 0.6) is 0 Å². The van der Waals surface area contributed by atoms with Crippen LogP contribution in [0.2, 0.25) is 0 Å². The second-order valence-electron chi connectivity index (χ2n) is 3.66.